The lowest BCUT2D eigenvalue weighted by atomic mass is 10.1. The van der Waals surface area contributed by atoms with E-state index in [9.17, 15) is 13.2 Å². The van der Waals surface area contributed by atoms with Crippen molar-refractivity contribution in [1.82, 2.24) is 4.98 Å². The van der Waals surface area contributed by atoms with Gasteiger partial charge in [-0.1, -0.05) is 17.7 Å². The van der Waals surface area contributed by atoms with Gasteiger partial charge >= 0.3 is 0 Å². The number of carbonyl (C=O) groups is 1. The maximum atomic E-state index is 12.2. The van der Waals surface area contributed by atoms with Gasteiger partial charge in [0.15, 0.2) is 9.84 Å². The monoisotopic (exact) mass is 359 g/mol. The summed E-state index contributed by atoms with van der Waals surface area (Å²) in [5, 5.41) is 2.81. The Bertz CT molecular complexity index is 861. The van der Waals surface area contributed by atoms with Crippen molar-refractivity contribution < 1.29 is 13.2 Å². The molecule has 1 aliphatic heterocycles. The van der Waals surface area contributed by atoms with Gasteiger partial charge in [0, 0.05) is 18.7 Å². The topological polar surface area (TPSA) is 79.4 Å². The average molecular weight is 359 g/mol. The lowest BCUT2D eigenvalue weighted by molar-refractivity contribution is 0.102. The summed E-state index contributed by atoms with van der Waals surface area (Å²) in [7, 11) is -1.09. The average Bonchev–Trinajstić information content (AvgIpc) is 2.95. The number of aromatic nitrogens is 1. The quantitative estimate of drug-likeness (QED) is 0.906. The number of sulfone groups is 1. The fourth-order valence-corrected chi connectivity index (χ4v) is 4.62. The highest BCUT2D eigenvalue weighted by Crippen LogP contribution is 2.22. The summed E-state index contributed by atoms with van der Waals surface area (Å²) in [5.74, 6) is 0.893. The van der Waals surface area contributed by atoms with Crippen molar-refractivity contribution >= 4 is 27.2 Å². The van der Waals surface area contributed by atoms with Crippen molar-refractivity contribution in [3.8, 4) is 0 Å². The maximum absolute atomic E-state index is 12.2. The molecule has 1 unspecified atom stereocenters. The summed E-state index contributed by atoms with van der Waals surface area (Å²) in [5.41, 5.74) is 2.28. The molecule has 0 spiro atoms. The Labute approximate surface area is 147 Å². The van der Waals surface area contributed by atoms with E-state index in [1.165, 1.54) is 0 Å². The Balaban J connectivity index is 1.66. The van der Waals surface area contributed by atoms with E-state index < -0.39 is 9.84 Å². The summed E-state index contributed by atoms with van der Waals surface area (Å²) in [6, 6.07) is 10.8. The van der Waals surface area contributed by atoms with Crippen LogP contribution in [0.25, 0.3) is 0 Å². The first-order valence-electron chi connectivity index (χ1n) is 8.11. The smallest absolute Gasteiger partial charge is 0.255 e. The van der Waals surface area contributed by atoms with E-state index in [0.29, 0.717) is 23.5 Å². The normalized spacial score (nSPS) is 18.7. The summed E-state index contributed by atoms with van der Waals surface area (Å²) >= 11 is 0. The molecule has 0 aliphatic carbocycles. The molecule has 1 N–H and O–H groups in total. The molecule has 7 heteroatoms. The zero-order valence-electron chi connectivity index (χ0n) is 14.3. The van der Waals surface area contributed by atoms with Crippen LogP contribution in [0.15, 0.2) is 42.6 Å². The molecule has 1 aliphatic rings. The largest absolute Gasteiger partial charge is 0.356 e. The second-order valence-corrected chi connectivity index (χ2v) is 8.62. The van der Waals surface area contributed by atoms with Crippen LogP contribution in [0.4, 0.5) is 11.5 Å². The molecule has 1 saturated heterocycles. The molecule has 0 saturated carbocycles. The highest BCUT2D eigenvalue weighted by atomic mass is 32.2. The summed E-state index contributed by atoms with van der Waals surface area (Å²) in [6.45, 7) is 1.97. The Morgan fingerprint density at radius 1 is 1.20 bits per heavy atom. The van der Waals surface area contributed by atoms with Crippen molar-refractivity contribution in [3.05, 3.63) is 53.7 Å². The van der Waals surface area contributed by atoms with Gasteiger partial charge in [-0.05, 0) is 37.6 Å². The van der Waals surface area contributed by atoms with Crippen LogP contribution in [0.2, 0.25) is 0 Å². The number of aryl methyl sites for hydroxylation is 1. The second kappa shape index (κ2) is 6.84. The van der Waals surface area contributed by atoms with Gasteiger partial charge in [0.05, 0.1) is 23.4 Å². The van der Waals surface area contributed by atoms with E-state index in [0.717, 1.165) is 5.56 Å². The minimum Gasteiger partial charge on any atom is -0.356 e. The van der Waals surface area contributed by atoms with Crippen LogP contribution >= 0.6 is 0 Å². The number of benzene rings is 1. The Morgan fingerprint density at radius 3 is 2.48 bits per heavy atom. The minimum atomic E-state index is -2.93. The molecule has 1 fully saturated rings. The van der Waals surface area contributed by atoms with Crippen LogP contribution in [0.1, 0.15) is 22.3 Å². The maximum Gasteiger partial charge on any atom is 0.255 e. The van der Waals surface area contributed by atoms with Gasteiger partial charge in [0.25, 0.3) is 5.91 Å². The number of hydrogen-bond donors (Lipinski definition) is 1. The van der Waals surface area contributed by atoms with Crippen LogP contribution < -0.4 is 10.2 Å². The Morgan fingerprint density at radius 2 is 1.92 bits per heavy atom. The molecule has 25 heavy (non-hydrogen) atoms. The Kier molecular flexibility index (Phi) is 4.76. The van der Waals surface area contributed by atoms with E-state index in [4.69, 9.17) is 0 Å². The fraction of sp³-hybridized carbons (Fsp3) is 0.333. The Hall–Kier alpha value is -2.41. The third-order valence-electron chi connectivity index (χ3n) is 4.44. The molecule has 1 amide bonds. The van der Waals surface area contributed by atoms with E-state index >= 15 is 0 Å². The number of anilines is 2. The number of amides is 1. The molecule has 1 aromatic heterocycles. The van der Waals surface area contributed by atoms with Crippen LogP contribution in [0.5, 0.6) is 0 Å². The molecular weight excluding hydrogens is 338 g/mol. The zero-order chi connectivity index (χ0) is 18.0. The van der Waals surface area contributed by atoms with Crippen LogP contribution in [-0.2, 0) is 9.84 Å². The van der Waals surface area contributed by atoms with Gasteiger partial charge in [-0.15, -0.1) is 0 Å². The lowest BCUT2D eigenvalue weighted by Crippen LogP contribution is -2.33. The number of hydrogen-bond acceptors (Lipinski definition) is 5. The van der Waals surface area contributed by atoms with Gasteiger partial charge in [-0.3, -0.25) is 4.79 Å². The predicted octanol–water partition coefficient (Wildman–Crippen LogP) is 2.27. The number of pyridine rings is 1. The fourth-order valence-electron chi connectivity index (χ4n) is 2.84. The first kappa shape index (κ1) is 17.4. The minimum absolute atomic E-state index is 0.0505. The van der Waals surface area contributed by atoms with Gasteiger partial charge in [0.2, 0.25) is 0 Å². The van der Waals surface area contributed by atoms with Crippen LogP contribution in [0, 0.1) is 6.92 Å². The van der Waals surface area contributed by atoms with Gasteiger partial charge in [-0.25, -0.2) is 13.4 Å². The summed E-state index contributed by atoms with van der Waals surface area (Å²) in [6.07, 6.45) is 2.20. The summed E-state index contributed by atoms with van der Waals surface area (Å²) in [4.78, 5) is 18.4. The molecule has 3 rings (SSSR count). The zero-order valence-corrected chi connectivity index (χ0v) is 15.1. The standard InChI is InChI=1S/C18H21N3O3S/c1-13-3-5-14(6-4-13)18(22)20-15-7-8-17(19-11-15)21(2)16-9-10-25(23,24)12-16/h3-8,11,16H,9-10,12H2,1-2H3,(H,20,22). The first-order chi connectivity index (χ1) is 11.8. The van der Waals surface area contributed by atoms with Crippen LogP contribution in [0.3, 0.4) is 0 Å². The molecule has 0 bridgehead atoms. The number of nitrogens with zero attached hydrogens (tertiary/aromatic N) is 2. The first-order valence-corrected chi connectivity index (χ1v) is 9.93. The number of nitrogens with one attached hydrogen (secondary N) is 1. The van der Waals surface area contributed by atoms with E-state index in [1.54, 1.807) is 30.5 Å². The second-order valence-electron chi connectivity index (χ2n) is 6.39. The molecular formula is C18H21N3O3S. The van der Waals surface area contributed by atoms with Crippen molar-refractivity contribution in [3.63, 3.8) is 0 Å². The van der Waals surface area contributed by atoms with Crippen molar-refractivity contribution in [2.45, 2.75) is 19.4 Å². The third kappa shape index (κ3) is 4.17. The van der Waals surface area contributed by atoms with E-state index in [-0.39, 0.29) is 23.5 Å². The lowest BCUT2D eigenvalue weighted by Gasteiger charge is -2.24. The van der Waals surface area contributed by atoms with Crippen molar-refractivity contribution in [1.29, 1.82) is 0 Å². The van der Waals surface area contributed by atoms with Crippen molar-refractivity contribution in [2.75, 3.05) is 28.8 Å². The van der Waals surface area contributed by atoms with Gasteiger partial charge < -0.3 is 10.2 Å². The molecule has 6 nitrogen and oxygen atoms in total. The molecule has 132 valence electrons. The molecule has 1 aromatic carbocycles. The van der Waals surface area contributed by atoms with E-state index in [2.05, 4.69) is 10.3 Å². The van der Waals surface area contributed by atoms with Crippen LogP contribution in [-0.4, -0.2) is 43.9 Å². The summed E-state index contributed by atoms with van der Waals surface area (Å²) < 4.78 is 23.2. The van der Waals surface area contributed by atoms with Gasteiger partial charge in [-0.2, -0.15) is 0 Å². The molecule has 2 heterocycles. The predicted molar refractivity (Wildman–Crippen MR) is 98.8 cm³/mol. The van der Waals surface area contributed by atoms with Gasteiger partial charge in [0.1, 0.15) is 5.82 Å². The molecule has 1 atom stereocenters. The molecule has 2 aromatic rings. The number of rotatable bonds is 4. The number of carbonyl (C=O) groups excluding carboxylic acids is 1. The molecule has 0 radical (unpaired) electrons. The highest BCUT2D eigenvalue weighted by Gasteiger charge is 2.31. The third-order valence-corrected chi connectivity index (χ3v) is 6.19. The SMILES string of the molecule is Cc1ccc(C(=O)Nc2ccc(N(C)C3CCS(=O)(=O)C3)nc2)cc1. The highest BCUT2D eigenvalue weighted by molar-refractivity contribution is 7.91. The van der Waals surface area contributed by atoms with Crippen molar-refractivity contribution in [2.24, 2.45) is 0 Å². The van der Waals surface area contributed by atoms with E-state index in [1.807, 2.05) is 31.0 Å².